The molecule has 0 atom stereocenters. The van der Waals surface area contributed by atoms with E-state index in [1.165, 1.54) is 24.7 Å². The molecule has 0 aliphatic carbocycles. The number of hydrogen-bond acceptors (Lipinski definition) is 5. The van der Waals surface area contributed by atoms with E-state index in [1.54, 1.807) is 51.1 Å². The Labute approximate surface area is 141 Å². The number of nitrogens with one attached hydrogen (secondary N) is 1. The molecule has 0 unspecified atom stereocenters. The van der Waals surface area contributed by atoms with Gasteiger partial charge in [-0.25, -0.2) is 5.48 Å². The van der Waals surface area contributed by atoms with Gasteiger partial charge in [0.25, 0.3) is 5.91 Å². The standard InChI is InChI=1S/C18H23NO5/c1-13(5-10-16(20)19-22)11-18(2,3)17(21)14-6-8-15(9-7-14)24-12-23-4/h5-11,22H,12H2,1-4H3,(H,19,20)/b10-5+,13-11+. The van der Waals surface area contributed by atoms with Crippen LogP contribution in [0, 0.1) is 5.41 Å². The molecule has 2 N–H and O–H groups in total. The van der Waals surface area contributed by atoms with Crippen LogP contribution in [0.15, 0.2) is 48.1 Å². The minimum Gasteiger partial charge on any atom is -0.468 e. The van der Waals surface area contributed by atoms with Gasteiger partial charge in [0.15, 0.2) is 12.6 Å². The van der Waals surface area contributed by atoms with E-state index in [-0.39, 0.29) is 12.6 Å². The van der Waals surface area contributed by atoms with E-state index in [0.29, 0.717) is 11.3 Å². The highest BCUT2D eigenvalue weighted by molar-refractivity contribution is 6.01. The quantitative estimate of drug-likeness (QED) is 0.191. The fourth-order valence-corrected chi connectivity index (χ4v) is 2.13. The number of hydrogen-bond donors (Lipinski definition) is 2. The van der Waals surface area contributed by atoms with Crippen LogP contribution in [0.2, 0.25) is 0 Å². The average molecular weight is 333 g/mol. The second kappa shape index (κ2) is 9.00. The van der Waals surface area contributed by atoms with E-state index >= 15 is 0 Å². The number of ketones is 1. The van der Waals surface area contributed by atoms with E-state index < -0.39 is 11.3 Å². The third-order valence-corrected chi connectivity index (χ3v) is 3.24. The Kier molecular flexibility index (Phi) is 7.35. The Morgan fingerprint density at radius 2 is 1.83 bits per heavy atom. The van der Waals surface area contributed by atoms with Crippen LogP contribution in [0.25, 0.3) is 0 Å². The molecule has 130 valence electrons. The van der Waals surface area contributed by atoms with Crippen molar-refractivity contribution < 1.29 is 24.3 Å². The normalized spacial score (nSPS) is 12.3. The summed E-state index contributed by atoms with van der Waals surface area (Å²) in [6.07, 6.45) is 4.49. The van der Waals surface area contributed by atoms with Gasteiger partial charge in [0.2, 0.25) is 0 Å². The first-order chi connectivity index (χ1) is 11.3. The number of amides is 1. The number of rotatable bonds is 8. The predicted octanol–water partition coefficient (Wildman–Crippen LogP) is 2.89. The smallest absolute Gasteiger partial charge is 0.267 e. The monoisotopic (exact) mass is 333 g/mol. The van der Waals surface area contributed by atoms with Crippen molar-refractivity contribution in [2.75, 3.05) is 13.9 Å². The Balaban J connectivity index is 2.87. The third-order valence-electron chi connectivity index (χ3n) is 3.24. The zero-order valence-electron chi connectivity index (χ0n) is 14.3. The second-order valence-electron chi connectivity index (χ2n) is 5.82. The van der Waals surface area contributed by atoms with Crippen LogP contribution in [-0.4, -0.2) is 30.8 Å². The van der Waals surface area contributed by atoms with Crippen molar-refractivity contribution in [3.05, 3.63) is 53.6 Å². The van der Waals surface area contributed by atoms with Gasteiger partial charge < -0.3 is 9.47 Å². The first kappa shape index (κ1) is 19.6. The lowest BCUT2D eigenvalue weighted by molar-refractivity contribution is -0.124. The van der Waals surface area contributed by atoms with Crippen LogP contribution < -0.4 is 10.2 Å². The highest BCUT2D eigenvalue weighted by atomic mass is 16.7. The van der Waals surface area contributed by atoms with Crippen molar-refractivity contribution in [1.29, 1.82) is 0 Å². The van der Waals surface area contributed by atoms with Crippen LogP contribution in [0.5, 0.6) is 5.75 Å². The van der Waals surface area contributed by atoms with Gasteiger partial charge in [-0.15, -0.1) is 0 Å². The van der Waals surface area contributed by atoms with Crippen molar-refractivity contribution >= 4 is 11.7 Å². The lowest BCUT2D eigenvalue weighted by Crippen LogP contribution is -2.22. The minimum atomic E-state index is -0.751. The zero-order valence-corrected chi connectivity index (χ0v) is 14.3. The molecule has 0 aliphatic rings. The number of carbonyl (C=O) groups excluding carboxylic acids is 2. The lowest BCUT2D eigenvalue weighted by atomic mass is 9.82. The molecular weight excluding hydrogens is 310 g/mol. The maximum absolute atomic E-state index is 12.7. The van der Waals surface area contributed by atoms with Crippen molar-refractivity contribution in [1.82, 2.24) is 5.48 Å². The Bertz CT molecular complexity index is 629. The summed E-state index contributed by atoms with van der Waals surface area (Å²) in [4.78, 5) is 23.6. The number of Topliss-reactive ketones (excluding diaryl/α,β-unsaturated/α-hetero) is 1. The summed E-state index contributed by atoms with van der Waals surface area (Å²) in [5, 5.41) is 8.45. The molecule has 6 nitrogen and oxygen atoms in total. The number of ether oxygens (including phenoxy) is 2. The number of hydroxylamine groups is 1. The first-order valence-electron chi connectivity index (χ1n) is 7.38. The molecule has 1 amide bonds. The van der Waals surface area contributed by atoms with E-state index in [2.05, 4.69) is 0 Å². The van der Waals surface area contributed by atoms with E-state index in [1.807, 2.05) is 0 Å². The molecule has 24 heavy (non-hydrogen) atoms. The van der Waals surface area contributed by atoms with Crippen LogP contribution in [0.4, 0.5) is 0 Å². The van der Waals surface area contributed by atoms with Gasteiger partial charge in [-0.3, -0.25) is 14.8 Å². The van der Waals surface area contributed by atoms with Crippen LogP contribution in [0.1, 0.15) is 31.1 Å². The number of carbonyl (C=O) groups is 2. The Morgan fingerprint density at radius 3 is 2.38 bits per heavy atom. The molecule has 0 aromatic heterocycles. The molecule has 1 aromatic rings. The summed E-state index contributed by atoms with van der Waals surface area (Å²) in [6.45, 7) is 5.52. The van der Waals surface area contributed by atoms with E-state index in [4.69, 9.17) is 14.7 Å². The fourth-order valence-electron chi connectivity index (χ4n) is 2.13. The van der Waals surface area contributed by atoms with Crippen LogP contribution in [-0.2, 0) is 9.53 Å². The van der Waals surface area contributed by atoms with Gasteiger partial charge in [0.1, 0.15) is 5.75 Å². The highest BCUT2D eigenvalue weighted by Gasteiger charge is 2.26. The molecule has 1 aromatic carbocycles. The van der Waals surface area contributed by atoms with Crippen molar-refractivity contribution in [3.8, 4) is 5.75 Å². The van der Waals surface area contributed by atoms with E-state index in [9.17, 15) is 9.59 Å². The first-order valence-corrected chi connectivity index (χ1v) is 7.38. The van der Waals surface area contributed by atoms with Gasteiger partial charge in [-0.2, -0.15) is 0 Å². The summed E-state index contributed by atoms with van der Waals surface area (Å²) in [6, 6.07) is 6.83. The van der Waals surface area contributed by atoms with Crippen molar-refractivity contribution in [2.45, 2.75) is 20.8 Å². The predicted molar refractivity (Wildman–Crippen MR) is 89.9 cm³/mol. The average Bonchev–Trinajstić information content (AvgIpc) is 2.57. The third kappa shape index (κ3) is 5.98. The molecule has 0 saturated heterocycles. The molecule has 1 rings (SSSR count). The molecule has 0 radical (unpaired) electrons. The van der Waals surface area contributed by atoms with Gasteiger partial charge in [-0.05, 0) is 45.0 Å². The SMILES string of the molecule is COCOc1ccc(C(=O)C(C)(C)/C=C(C)/C=C/C(=O)NO)cc1. The molecule has 0 bridgehead atoms. The molecule has 6 heteroatoms. The zero-order chi connectivity index (χ0) is 18.2. The molecule has 0 fully saturated rings. The number of methoxy groups -OCH3 is 1. The maximum Gasteiger partial charge on any atom is 0.267 e. The Hall–Kier alpha value is -2.44. The summed E-state index contributed by atoms with van der Waals surface area (Å²) in [7, 11) is 1.54. The van der Waals surface area contributed by atoms with E-state index in [0.717, 1.165) is 5.57 Å². The molecule has 0 saturated carbocycles. The van der Waals surface area contributed by atoms with Crippen LogP contribution >= 0.6 is 0 Å². The van der Waals surface area contributed by atoms with Crippen LogP contribution in [0.3, 0.4) is 0 Å². The van der Waals surface area contributed by atoms with Gasteiger partial charge in [-0.1, -0.05) is 17.7 Å². The lowest BCUT2D eigenvalue weighted by Gasteiger charge is -2.20. The Morgan fingerprint density at radius 1 is 1.21 bits per heavy atom. The molecule has 0 aliphatic heterocycles. The molecule has 0 heterocycles. The van der Waals surface area contributed by atoms with Gasteiger partial charge >= 0.3 is 0 Å². The van der Waals surface area contributed by atoms with Gasteiger partial charge in [0, 0.05) is 24.2 Å². The van der Waals surface area contributed by atoms with Gasteiger partial charge in [0.05, 0.1) is 0 Å². The highest BCUT2D eigenvalue weighted by Crippen LogP contribution is 2.26. The second-order valence-corrected chi connectivity index (χ2v) is 5.82. The number of allylic oxidation sites excluding steroid dienone is 3. The summed E-state index contributed by atoms with van der Waals surface area (Å²) in [5.74, 6) is -0.0606. The maximum atomic E-state index is 12.7. The summed E-state index contributed by atoms with van der Waals surface area (Å²) < 4.78 is 10.1. The topological polar surface area (TPSA) is 84.9 Å². The van der Waals surface area contributed by atoms with Crippen molar-refractivity contribution in [3.63, 3.8) is 0 Å². The number of benzene rings is 1. The fraction of sp³-hybridized carbons (Fsp3) is 0.333. The summed E-state index contributed by atoms with van der Waals surface area (Å²) in [5.41, 5.74) is 2.05. The largest absolute Gasteiger partial charge is 0.468 e. The molecular formula is C18H23NO5. The van der Waals surface area contributed by atoms with Crippen molar-refractivity contribution in [2.24, 2.45) is 5.41 Å². The molecule has 0 spiro atoms. The summed E-state index contributed by atoms with van der Waals surface area (Å²) >= 11 is 0. The minimum absolute atomic E-state index is 0.0554.